The third-order valence-corrected chi connectivity index (χ3v) is 6.12. The molecule has 0 aliphatic heterocycles. The fourth-order valence-electron chi connectivity index (χ4n) is 3.12. The molecule has 1 amide bonds. The predicted octanol–water partition coefficient (Wildman–Crippen LogP) is 4.29. The van der Waals surface area contributed by atoms with E-state index in [1.54, 1.807) is 6.92 Å². The summed E-state index contributed by atoms with van der Waals surface area (Å²) in [6.45, 7) is 9.50. The van der Waals surface area contributed by atoms with Gasteiger partial charge in [0.25, 0.3) is 0 Å². The van der Waals surface area contributed by atoms with Crippen LogP contribution in [0, 0.1) is 11.6 Å². The summed E-state index contributed by atoms with van der Waals surface area (Å²) in [4.78, 5) is 12.8. The maximum Gasteiger partial charge on any atom is 0.244 e. The van der Waals surface area contributed by atoms with Gasteiger partial charge in [-0.15, -0.1) is 0 Å². The summed E-state index contributed by atoms with van der Waals surface area (Å²) in [6.07, 6.45) is 0.909. The first kappa shape index (κ1) is 23.8. The van der Waals surface area contributed by atoms with Crippen LogP contribution in [0.2, 0.25) is 0 Å². The van der Waals surface area contributed by atoms with Crippen molar-refractivity contribution in [2.45, 2.75) is 52.1 Å². The first-order valence-corrected chi connectivity index (χ1v) is 11.4. The molecule has 0 aliphatic rings. The summed E-state index contributed by atoms with van der Waals surface area (Å²) >= 11 is 0. The van der Waals surface area contributed by atoms with Gasteiger partial charge in [0.15, 0.2) is 11.6 Å². The molecule has 2 atom stereocenters. The van der Waals surface area contributed by atoms with Gasteiger partial charge >= 0.3 is 0 Å². The molecule has 164 valence electrons. The largest absolute Gasteiger partial charge is 0.348 e. The molecule has 2 aromatic carbocycles. The van der Waals surface area contributed by atoms with Gasteiger partial charge in [-0.1, -0.05) is 45.0 Å². The normalized spacial score (nSPS) is 14.1. The van der Waals surface area contributed by atoms with Crippen LogP contribution >= 0.6 is 0 Å². The van der Waals surface area contributed by atoms with Crippen LogP contribution in [0.5, 0.6) is 0 Å². The molecule has 0 unspecified atom stereocenters. The number of anilines is 1. The molecular formula is C22H28F2N2O3S. The van der Waals surface area contributed by atoms with E-state index in [1.807, 2.05) is 24.3 Å². The molecule has 0 fully saturated rings. The summed E-state index contributed by atoms with van der Waals surface area (Å²) < 4.78 is 52.3. The zero-order valence-electron chi connectivity index (χ0n) is 18.0. The minimum atomic E-state index is -3.93. The number of amides is 1. The molecule has 0 heterocycles. The quantitative estimate of drug-likeness (QED) is 0.732. The Kier molecular flexibility index (Phi) is 6.91. The molecule has 1 N–H and O–H groups in total. The highest BCUT2D eigenvalue weighted by atomic mass is 32.2. The van der Waals surface area contributed by atoms with Crippen molar-refractivity contribution in [2.24, 2.45) is 0 Å². The van der Waals surface area contributed by atoms with Gasteiger partial charge in [0.2, 0.25) is 15.9 Å². The number of nitrogens with zero attached hydrogens (tertiary/aromatic N) is 1. The van der Waals surface area contributed by atoms with Crippen LogP contribution in [0.15, 0.2) is 42.5 Å². The summed E-state index contributed by atoms with van der Waals surface area (Å²) in [5.74, 6) is -2.85. The van der Waals surface area contributed by atoms with Gasteiger partial charge in [0.05, 0.1) is 18.0 Å². The van der Waals surface area contributed by atoms with E-state index in [1.165, 1.54) is 6.92 Å². The van der Waals surface area contributed by atoms with Crippen LogP contribution in [0.4, 0.5) is 14.5 Å². The van der Waals surface area contributed by atoms with Gasteiger partial charge in [-0.2, -0.15) is 0 Å². The fraction of sp³-hybridized carbons (Fsp3) is 0.409. The zero-order valence-corrected chi connectivity index (χ0v) is 18.8. The van der Waals surface area contributed by atoms with Crippen molar-refractivity contribution >= 4 is 21.6 Å². The Balaban J connectivity index is 2.23. The number of rotatable bonds is 6. The van der Waals surface area contributed by atoms with Gasteiger partial charge in [0.1, 0.15) is 6.04 Å². The summed E-state index contributed by atoms with van der Waals surface area (Å²) in [5, 5.41) is 2.79. The molecule has 0 aromatic heterocycles. The van der Waals surface area contributed by atoms with Gasteiger partial charge in [-0.05, 0) is 42.5 Å². The van der Waals surface area contributed by atoms with Crippen molar-refractivity contribution in [3.63, 3.8) is 0 Å². The van der Waals surface area contributed by atoms with Gasteiger partial charge < -0.3 is 5.32 Å². The molecule has 0 bridgehead atoms. The average molecular weight is 439 g/mol. The van der Waals surface area contributed by atoms with Gasteiger partial charge in [0, 0.05) is 6.07 Å². The molecule has 0 saturated carbocycles. The maximum atomic E-state index is 13.6. The lowest BCUT2D eigenvalue weighted by molar-refractivity contribution is -0.122. The van der Waals surface area contributed by atoms with E-state index in [-0.39, 0.29) is 17.1 Å². The first-order chi connectivity index (χ1) is 13.7. The minimum Gasteiger partial charge on any atom is -0.348 e. The van der Waals surface area contributed by atoms with E-state index in [4.69, 9.17) is 0 Å². The van der Waals surface area contributed by atoms with Crippen molar-refractivity contribution in [1.29, 1.82) is 0 Å². The second kappa shape index (κ2) is 8.71. The van der Waals surface area contributed by atoms with Crippen LogP contribution in [0.25, 0.3) is 0 Å². The third kappa shape index (κ3) is 5.56. The summed E-state index contributed by atoms with van der Waals surface area (Å²) in [5.41, 5.74) is 1.89. The van der Waals surface area contributed by atoms with E-state index < -0.39 is 33.6 Å². The standard InChI is InChI=1S/C22H28F2N2O3S/c1-14(16-7-9-17(10-8-16)22(3,4)5)25-21(27)15(2)26(30(6,28)29)18-11-12-19(23)20(24)13-18/h7-15H,1-6H3,(H,25,27)/t14-,15+/m1/s1. The predicted molar refractivity (Wildman–Crippen MR) is 115 cm³/mol. The van der Waals surface area contributed by atoms with Crippen molar-refractivity contribution in [3.05, 3.63) is 65.2 Å². The first-order valence-electron chi connectivity index (χ1n) is 9.57. The number of sulfonamides is 1. The summed E-state index contributed by atoms with van der Waals surface area (Å²) in [7, 11) is -3.93. The second-order valence-corrected chi connectivity index (χ2v) is 10.3. The highest BCUT2D eigenvalue weighted by Crippen LogP contribution is 2.25. The van der Waals surface area contributed by atoms with Crippen LogP contribution in [0.1, 0.15) is 51.8 Å². The number of halogens is 2. The van der Waals surface area contributed by atoms with Gasteiger partial charge in [-0.3, -0.25) is 9.10 Å². The third-order valence-electron chi connectivity index (χ3n) is 4.88. The van der Waals surface area contributed by atoms with Crippen LogP contribution in [-0.2, 0) is 20.2 Å². The molecule has 0 aliphatic carbocycles. The molecular weight excluding hydrogens is 410 g/mol. The van der Waals surface area contributed by atoms with Crippen molar-refractivity contribution < 1.29 is 22.0 Å². The lowest BCUT2D eigenvalue weighted by Crippen LogP contribution is -2.48. The Hall–Kier alpha value is -2.48. The van der Waals surface area contributed by atoms with E-state index in [0.717, 1.165) is 39.9 Å². The Morgan fingerprint density at radius 3 is 2.03 bits per heavy atom. The molecule has 0 saturated heterocycles. The molecule has 30 heavy (non-hydrogen) atoms. The smallest absolute Gasteiger partial charge is 0.244 e. The lowest BCUT2D eigenvalue weighted by atomic mass is 9.86. The average Bonchev–Trinajstić information content (AvgIpc) is 2.63. The number of carbonyl (C=O) groups excluding carboxylic acids is 1. The number of hydrogen-bond donors (Lipinski definition) is 1. The fourth-order valence-corrected chi connectivity index (χ4v) is 4.29. The number of benzene rings is 2. The molecule has 5 nitrogen and oxygen atoms in total. The van der Waals surface area contributed by atoms with E-state index >= 15 is 0 Å². The number of carbonyl (C=O) groups is 1. The lowest BCUT2D eigenvalue weighted by Gasteiger charge is -2.29. The SMILES string of the molecule is C[C@@H](NC(=O)[C@H](C)N(c1ccc(F)c(F)c1)S(C)(=O)=O)c1ccc(C(C)(C)C)cc1. The molecule has 0 spiro atoms. The second-order valence-electron chi connectivity index (χ2n) is 8.44. The minimum absolute atomic E-state index is 0.0000508. The van der Waals surface area contributed by atoms with E-state index in [0.29, 0.717) is 0 Å². The topological polar surface area (TPSA) is 66.5 Å². The Morgan fingerprint density at radius 2 is 1.57 bits per heavy atom. The Bertz CT molecular complexity index is 1020. The van der Waals surface area contributed by atoms with Crippen molar-refractivity contribution in [2.75, 3.05) is 10.6 Å². The molecule has 0 radical (unpaired) electrons. The number of nitrogens with one attached hydrogen (secondary N) is 1. The molecule has 2 aromatic rings. The maximum absolute atomic E-state index is 13.6. The molecule has 2 rings (SSSR count). The van der Waals surface area contributed by atoms with E-state index in [2.05, 4.69) is 26.1 Å². The highest BCUT2D eigenvalue weighted by molar-refractivity contribution is 7.92. The van der Waals surface area contributed by atoms with E-state index in [9.17, 15) is 22.0 Å². The Labute approximate surface area is 177 Å². The van der Waals surface area contributed by atoms with Crippen molar-refractivity contribution in [1.82, 2.24) is 5.32 Å². The van der Waals surface area contributed by atoms with Gasteiger partial charge in [-0.25, -0.2) is 17.2 Å². The van der Waals surface area contributed by atoms with Crippen LogP contribution in [0.3, 0.4) is 0 Å². The monoisotopic (exact) mass is 438 g/mol. The summed E-state index contributed by atoms with van der Waals surface area (Å²) in [6, 6.07) is 8.98. The molecule has 8 heteroatoms. The van der Waals surface area contributed by atoms with Crippen LogP contribution < -0.4 is 9.62 Å². The van der Waals surface area contributed by atoms with Crippen LogP contribution in [-0.4, -0.2) is 26.6 Å². The number of hydrogen-bond acceptors (Lipinski definition) is 3. The Morgan fingerprint density at radius 1 is 1.00 bits per heavy atom. The highest BCUT2D eigenvalue weighted by Gasteiger charge is 2.30. The van der Waals surface area contributed by atoms with Crippen molar-refractivity contribution in [3.8, 4) is 0 Å². The zero-order chi connectivity index (χ0) is 22.9.